The van der Waals surface area contributed by atoms with Gasteiger partial charge < -0.3 is 10.4 Å². The second-order valence-corrected chi connectivity index (χ2v) is 6.64. The lowest BCUT2D eigenvalue weighted by atomic mass is 9.79. The van der Waals surface area contributed by atoms with Crippen molar-refractivity contribution in [1.29, 1.82) is 0 Å². The number of nitrogens with one attached hydrogen (secondary N) is 1. The number of rotatable bonds is 4. The summed E-state index contributed by atoms with van der Waals surface area (Å²) in [6, 6.07) is 6.34. The molecule has 2 fully saturated rings. The van der Waals surface area contributed by atoms with Crippen LogP contribution in [0.15, 0.2) is 18.2 Å². The maximum Gasteiger partial charge on any atom is 0.306 e. The molecule has 2 saturated carbocycles. The van der Waals surface area contributed by atoms with Gasteiger partial charge in [0.25, 0.3) is 0 Å². The summed E-state index contributed by atoms with van der Waals surface area (Å²) < 4.78 is 0. The Balaban J connectivity index is 1.68. The fourth-order valence-electron chi connectivity index (χ4n) is 3.28. The van der Waals surface area contributed by atoms with Crippen molar-refractivity contribution in [2.75, 3.05) is 0 Å². The predicted molar refractivity (Wildman–Crippen MR) is 79.1 cm³/mol. The van der Waals surface area contributed by atoms with Crippen LogP contribution in [-0.2, 0) is 15.0 Å². The normalized spacial score (nSPS) is 25.8. The molecule has 0 unspecified atom stereocenters. The number of amides is 1. The first kappa shape index (κ1) is 14.1. The highest BCUT2D eigenvalue weighted by molar-refractivity contribution is 5.91. The molecule has 2 aliphatic carbocycles. The van der Waals surface area contributed by atoms with E-state index >= 15 is 0 Å². The molecule has 1 amide bonds. The smallest absolute Gasteiger partial charge is 0.306 e. The van der Waals surface area contributed by atoms with Crippen molar-refractivity contribution in [3.05, 3.63) is 34.9 Å². The maximum absolute atomic E-state index is 12.6. The number of carbonyl (C=O) groups excluding carboxylic acids is 1. The number of carboxylic acids is 1. The van der Waals surface area contributed by atoms with Gasteiger partial charge >= 0.3 is 5.97 Å². The molecule has 0 spiro atoms. The fourth-order valence-corrected chi connectivity index (χ4v) is 3.28. The molecule has 4 heteroatoms. The van der Waals surface area contributed by atoms with Crippen LogP contribution in [0.2, 0.25) is 0 Å². The minimum absolute atomic E-state index is 0.0296. The van der Waals surface area contributed by atoms with E-state index in [9.17, 15) is 9.59 Å². The van der Waals surface area contributed by atoms with E-state index in [0.717, 1.165) is 18.4 Å². The summed E-state index contributed by atoms with van der Waals surface area (Å²) in [6.07, 6.45) is 2.89. The lowest BCUT2D eigenvalue weighted by molar-refractivity contribution is -0.146. The van der Waals surface area contributed by atoms with Crippen LogP contribution in [0.25, 0.3) is 0 Å². The topological polar surface area (TPSA) is 66.4 Å². The second-order valence-electron chi connectivity index (χ2n) is 6.64. The van der Waals surface area contributed by atoms with Gasteiger partial charge in [0.15, 0.2) is 0 Å². The zero-order valence-corrected chi connectivity index (χ0v) is 12.5. The molecule has 1 aromatic carbocycles. The Bertz CT molecular complexity index is 578. The third-order valence-corrected chi connectivity index (χ3v) is 4.78. The number of benzene rings is 1. The summed E-state index contributed by atoms with van der Waals surface area (Å²) in [4.78, 5) is 23.4. The minimum atomic E-state index is -0.754. The van der Waals surface area contributed by atoms with Crippen LogP contribution in [0, 0.1) is 19.8 Å². The minimum Gasteiger partial charge on any atom is -0.481 e. The van der Waals surface area contributed by atoms with E-state index in [4.69, 9.17) is 5.11 Å². The molecule has 21 heavy (non-hydrogen) atoms. The van der Waals surface area contributed by atoms with Gasteiger partial charge in [-0.05, 0) is 45.1 Å². The summed E-state index contributed by atoms with van der Waals surface area (Å²) in [5.74, 6) is -0.969. The van der Waals surface area contributed by atoms with Crippen molar-refractivity contribution < 1.29 is 14.7 Å². The zero-order valence-electron chi connectivity index (χ0n) is 12.5. The van der Waals surface area contributed by atoms with E-state index in [0.29, 0.717) is 12.8 Å². The Morgan fingerprint density at radius 3 is 2.19 bits per heavy atom. The SMILES string of the molecule is Cc1cc(C)cc(C2(C(=O)NC3CC(C(=O)O)C3)CC2)c1. The van der Waals surface area contributed by atoms with Crippen molar-refractivity contribution in [2.45, 2.75) is 51.0 Å². The second kappa shape index (κ2) is 4.86. The lowest BCUT2D eigenvalue weighted by Gasteiger charge is -2.34. The number of carbonyl (C=O) groups is 2. The van der Waals surface area contributed by atoms with Gasteiger partial charge in [-0.15, -0.1) is 0 Å². The Morgan fingerprint density at radius 2 is 1.71 bits per heavy atom. The highest BCUT2D eigenvalue weighted by Gasteiger charge is 2.52. The van der Waals surface area contributed by atoms with Crippen LogP contribution in [0.3, 0.4) is 0 Å². The summed E-state index contributed by atoms with van der Waals surface area (Å²) in [5.41, 5.74) is 3.09. The molecular weight excluding hydrogens is 266 g/mol. The average Bonchev–Trinajstić information content (AvgIpc) is 3.12. The molecule has 0 atom stereocenters. The molecular formula is C17H21NO3. The van der Waals surface area contributed by atoms with E-state index in [1.54, 1.807) is 0 Å². The maximum atomic E-state index is 12.6. The molecule has 2 aliphatic rings. The molecule has 0 aromatic heterocycles. The molecule has 0 radical (unpaired) electrons. The monoisotopic (exact) mass is 287 g/mol. The van der Waals surface area contributed by atoms with Crippen LogP contribution in [0.5, 0.6) is 0 Å². The molecule has 4 nitrogen and oxygen atoms in total. The summed E-state index contributed by atoms with van der Waals surface area (Å²) in [7, 11) is 0. The van der Waals surface area contributed by atoms with E-state index in [1.807, 2.05) is 13.8 Å². The van der Waals surface area contributed by atoms with E-state index in [-0.39, 0.29) is 23.3 Å². The highest BCUT2D eigenvalue weighted by Crippen LogP contribution is 2.49. The van der Waals surface area contributed by atoms with Crippen LogP contribution in [0.1, 0.15) is 42.4 Å². The standard InChI is InChI=1S/C17H21NO3/c1-10-5-11(2)7-13(6-10)17(3-4-17)16(21)18-14-8-12(9-14)15(19)20/h5-7,12,14H,3-4,8-9H2,1-2H3,(H,18,21)(H,19,20). The van der Waals surface area contributed by atoms with E-state index in [1.165, 1.54) is 11.1 Å². The quantitative estimate of drug-likeness (QED) is 0.893. The Labute approximate surface area is 124 Å². The largest absolute Gasteiger partial charge is 0.481 e. The number of aryl methyl sites for hydroxylation is 2. The van der Waals surface area contributed by atoms with Crippen molar-refractivity contribution in [2.24, 2.45) is 5.92 Å². The number of hydrogen-bond donors (Lipinski definition) is 2. The van der Waals surface area contributed by atoms with Crippen molar-refractivity contribution in [3.63, 3.8) is 0 Å². The lowest BCUT2D eigenvalue weighted by Crippen LogP contribution is -2.49. The Hall–Kier alpha value is -1.84. The summed E-state index contributed by atoms with van der Waals surface area (Å²) in [6.45, 7) is 4.10. The van der Waals surface area contributed by atoms with E-state index in [2.05, 4.69) is 23.5 Å². The molecule has 0 bridgehead atoms. The molecule has 2 N–H and O–H groups in total. The van der Waals surface area contributed by atoms with E-state index < -0.39 is 5.97 Å². The van der Waals surface area contributed by atoms with Gasteiger partial charge in [-0.25, -0.2) is 0 Å². The van der Waals surface area contributed by atoms with Gasteiger partial charge in [0.1, 0.15) is 0 Å². The predicted octanol–water partition coefficient (Wildman–Crippen LogP) is 2.31. The third-order valence-electron chi connectivity index (χ3n) is 4.78. The first-order valence-electron chi connectivity index (χ1n) is 7.53. The van der Waals surface area contributed by atoms with Crippen LogP contribution in [-0.4, -0.2) is 23.0 Å². The van der Waals surface area contributed by atoms with Gasteiger partial charge in [0.05, 0.1) is 11.3 Å². The third kappa shape index (κ3) is 2.55. The summed E-state index contributed by atoms with van der Waals surface area (Å²) in [5, 5.41) is 11.9. The Morgan fingerprint density at radius 1 is 1.14 bits per heavy atom. The number of hydrogen-bond acceptors (Lipinski definition) is 2. The van der Waals surface area contributed by atoms with Crippen LogP contribution in [0.4, 0.5) is 0 Å². The van der Waals surface area contributed by atoms with Crippen LogP contribution < -0.4 is 5.32 Å². The first-order chi connectivity index (χ1) is 9.90. The zero-order chi connectivity index (χ0) is 15.2. The van der Waals surface area contributed by atoms with Crippen molar-refractivity contribution in [1.82, 2.24) is 5.32 Å². The molecule has 112 valence electrons. The number of aliphatic carboxylic acids is 1. The van der Waals surface area contributed by atoms with Crippen molar-refractivity contribution >= 4 is 11.9 Å². The molecule has 0 aliphatic heterocycles. The first-order valence-corrected chi connectivity index (χ1v) is 7.53. The van der Waals surface area contributed by atoms with Crippen molar-refractivity contribution in [3.8, 4) is 0 Å². The van der Waals surface area contributed by atoms with Gasteiger partial charge in [-0.1, -0.05) is 29.3 Å². The van der Waals surface area contributed by atoms with Gasteiger partial charge in [-0.3, -0.25) is 9.59 Å². The molecule has 0 heterocycles. The number of carboxylic acid groups (broad SMARTS) is 1. The van der Waals surface area contributed by atoms with Crippen LogP contribution >= 0.6 is 0 Å². The molecule has 1 aromatic rings. The summed E-state index contributed by atoms with van der Waals surface area (Å²) >= 11 is 0. The van der Waals surface area contributed by atoms with Gasteiger partial charge in [0.2, 0.25) is 5.91 Å². The Kier molecular flexibility index (Phi) is 3.27. The average molecular weight is 287 g/mol. The molecule has 0 saturated heterocycles. The van der Waals surface area contributed by atoms with Gasteiger partial charge in [-0.2, -0.15) is 0 Å². The molecule has 3 rings (SSSR count). The fraction of sp³-hybridized carbons (Fsp3) is 0.529. The van der Waals surface area contributed by atoms with Gasteiger partial charge in [0, 0.05) is 6.04 Å². The highest BCUT2D eigenvalue weighted by atomic mass is 16.4.